The molecule has 3 rings (SSSR count). The minimum atomic E-state index is -0.723. The van der Waals surface area contributed by atoms with Crippen LogP contribution in [0.25, 0.3) is 11.2 Å². The number of H-pyrrole nitrogens is 1. The molecule has 1 atom stereocenters. The molecule has 3 aromatic rings. The molecule has 0 aliphatic rings. The van der Waals surface area contributed by atoms with Crippen molar-refractivity contribution in [2.75, 3.05) is 5.43 Å². The highest BCUT2D eigenvalue weighted by atomic mass is 16.3. The summed E-state index contributed by atoms with van der Waals surface area (Å²) in [4.78, 5) is 34.3. The zero-order chi connectivity index (χ0) is 18.0. The zero-order valence-electron chi connectivity index (χ0n) is 13.7. The van der Waals surface area contributed by atoms with Gasteiger partial charge >= 0.3 is 5.69 Å². The summed E-state index contributed by atoms with van der Waals surface area (Å²) in [6.45, 7) is 1.71. The summed E-state index contributed by atoms with van der Waals surface area (Å²) in [5.41, 5.74) is 2.83. The van der Waals surface area contributed by atoms with Crippen molar-refractivity contribution in [2.24, 2.45) is 12.1 Å². The molecule has 0 radical (unpaired) electrons. The molecule has 0 fully saturated rings. The average Bonchev–Trinajstić information content (AvgIpc) is 2.92. The van der Waals surface area contributed by atoms with Gasteiger partial charge in [0.25, 0.3) is 5.56 Å². The number of aromatic nitrogens is 5. The Morgan fingerprint density at radius 3 is 2.80 bits per heavy atom. The van der Waals surface area contributed by atoms with Crippen LogP contribution in [0.5, 0.6) is 0 Å². The molecular weight excluding hydrogens is 326 g/mol. The Labute approximate surface area is 141 Å². The number of hydrogen-bond acceptors (Lipinski definition) is 7. The number of fused-ring (bicyclic) bond motifs is 1. The summed E-state index contributed by atoms with van der Waals surface area (Å²) in [6, 6.07) is 3.55. The summed E-state index contributed by atoms with van der Waals surface area (Å²) in [5.74, 6) is 0.243. The number of nitrogens with one attached hydrogen (secondary N) is 2. The van der Waals surface area contributed by atoms with E-state index in [1.807, 2.05) is 0 Å². The second-order valence-electron chi connectivity index (χ2n) is 5.54. The van der Waals surface area contributed by atoms with Gasteiger partial charge in [-0.2, -0.15) is 10.1 Å². The van der Waals surface area contributed by atoms with Crippen LogP contribution in [0.2, 0.25) is 0 Å². The minimum Gasteiger partial charge on any atom is -0.392 e. The third kappa shape index (κ3) is 3.33. The number of nitrogens with zero attached hydrogens (tertiary/aromatic N) is 5. The summed E-state index contributed by atoms with van der Waals surface area (Å²) >= 11 is 0. The van der Waals surface area contributed by atoms with Gasteiger partial charge in [0.15, 0.2) is 11.2 Å². The van der Waals surface area contributed by atoms with Crippen LogP contribution < -0.4 is 16.7 Å². The van der Waals surface area contributed by atoms with E-state index in [-0.39, 0.29) is 23.7 Å². The van der Waals surface area contributed by atoms with Gasteiger partial charge in [-0.1, -0.05) is 0 Å². The fraction of sp³-hybridized carbons (Fsp3) is 0.267. The Hall–Kier alpha value is -3.27. The lowest BCUT2D eigenvalue weighted by Crippen LogP contribution is -2.29. The summed E-state index contributed by atoms with van der Waals surface area (Å²) in [6.07, 6.45) is 4.12. The highest BCUT2D eigenvalue weighted by Crippen LogP contribution is 2.16. The standard InChI is InChI=1S/C15H17N7O3/c1-9(23)8-22-11-12(21(2)15(25)19-13(11)24)18-14(22)20-17-7-10-3-5-16-6-4-10/h3-7,9,23H,8H2,1-2H3,(H,18,20)(H,19,24,25)/b17-7+. The van der Waals surface area contributed by atoms with Crippen LogP contribution in [0.1, 0.15) is 12.5 Å². The van der Waals surface area contributed by atoms with Crippen LogP contribution in [0.15, 0.2) is 39.2 Å². The van der Waals surface area contributed by atoms with E-state index in [0.717, 1.165) is 5.56 Å². The lowest BCUT2D eigenvalue weighted by atomic mass is 10.3. The first kappa shape index (κ1) is 16.6. The number of imidazole rings is 1. The third-order valence-corrected chi connectivity index (χ3v) is 3.54. The molecule has 0 aliphatic carbocycles. The Morgan fingerprint density at radius 2 is 2.12 bits per heavy atom. The topological polar surface area (TPSA) is 130 Å². The largest absolute Gasteiger partial charge is 0.392 e. The number of aromatic amines is 1. The summed E-state index contributed by atoms with van der Waals surface area (Å²) in [5, 5.41) is 13.8. The van der Waals surface area contributed by atoms with Gasteiger partial charge in [-0.15, -0.1) is 0 Å². The van der Waals surface area contributed by atoms with E-state index in [0.29, 0.717) is 0 Å². The Balaban J connectivity index is 2.06. The van der Waals surface area contributed by atoms with Crippen LogP contribution >= 0.6 is 0 Å². The lowest BCUT2D eigenvalue weighted by molar-refractivity contribution is 0.175. The van der Waals surface area contributed by atoms with E-state index in [1.165, 1.54) is 16.2 Å². The highest BCUT2D eigenvalue weighted by molar-refractivity contribution is 5.80. The normalized spacial score (nSPS) is 12.8. The molecule has 10 heteroatoms. The first-order chi connectivity index (χ1) is 12.0. The molecule has 0 saturated carbocycles. The quantitative estimate of drug-likeness (QED) is 0.429. The molecule has 0 aromatic carbocycles. The summed E-state index contributed by atoms with van der Waals surface area (Å²) in [7, 11) is 1.50. The number of aliphatic hydroxyl groups excluding tert-OH is 1. The number of anilines is 1. The molecule has 0 saturated heterocycles. The van der Waals surface area contributed by atoms with Crippen molar-refractivity contribution in [3.05, 3.63) is 50.9 Å². The van der Waals surface area contributed by atoms with E-state index in [9.17, 15) is 14.7 Å². The Kier molecular flexibility index (Phi) is 4.44. The van der Waals surface area contributed by atoms with Crippen LogP contribution in [-0.2, 0) is 13.6 Å². The maximum atomic E-state index is 12.2. The first-order valence-corrected chi connectivity index (χ1v) is 7.54. The minimum absolute atomic E-state index is 0.116. The van der Waals surface area contributed by atoms with Gasteiger partial charge in [0.1, 0.15) is 0 Å². The first-order valence-electron chi connectivity index (χ1n) is 7.54. The molecular formula is C15H17N7O3. The van der Waals surface area contributed by atoms with Gasteiger partial charge in [0.2, 0.25) is 5.95 Å². The van der Waals surface area contributed by atoms with Gasteiger partial charge in [-0.3, -0.25) is 19.3 Å². The van der Waals surface area contributed by atoms with Crippen LogP contribution in [-0.4, -0.2) is 41.5 Å². The van der Waals surface area contributed by atoms with Crippen LogP contribution in [0.3, 0.4) is 0 Å². The number of pyridine rings is 1. The summed E-state index contributed by atoms with van der Waals surface area (Å²) < 4.78 is 2.72. The van der Waals surface area contributed by atoms with E-state index >= 15 is 0 Å². The van der Waals surface area contributed by atoms with Crippen molar-refractivity contribution in [1.82, 2.24) is 24.1 Å². The van der Waals surface area contributed by atoms with Gasteiger partial charge in [-0.05, 0) is 24.6 Å². The van der Waals surface area contributed by atoms with E-state index in [2.05, 4.69) is 25.5 Å². The fourth-order valence-electron chi connectivity index (χ4n) is 2.38. The molecule has 1 unspecified atom stereocenters. The van der Waals surface area contributed by atoms with Gasteiger partial charge in [0, 0.05) is 19.4 Å². The number of aliphatic hydroxyl groups is 1. The van der Waals surface area contributed by atoms with E-state index in [1.54, 1.807) is 37.7 Å². The molecule has 10 nitrogen and oxygen atoms in total. The lowest BCUT2D eigenvalue weighted by Gasteiger charge is -2.09. The van der Waals surface area contributed by atoms with Gasteiger partial charge < -0.3 is 9.67 Å². The van der Waals surface area contributed by atoms with Gasteiger partial charge in [-0.25, -0.2) is 10.2 Å². The SMILES string of the molecule is CC(O)Cn1c(N/N=C/c2ccncc2)nc2c1c(=O)[nH]c(=O)n2C. The molecule has 3 aromatic heterocycles. The second kappa shape index (κ2) is 6.69. The molecule has 3 N–H and O–H groups in total. The molecule has 0 spiro atoms. The Bertz CT molecular complexity index is 1030. The smallest absolute Gasteiger partial charge is 0.329 e. The Morgan fingerprint density at radius 1 is 1.40 bits per heavy atom. The zero-order valence-corrected chi connectivity index (χ0v) is 13.7. The van der Waals surface area contributed by atoms with Crippen LogP contribution in [0, 0.1) is 0 Å². The number of rotatable bonds is 5. The number of aryl methyl sites for hydroxylation is 1. The second-order valence-corrected chi connectivity index (χ2v) is 5.54. The molecule has 0 aliphatic heterocycles. The number of hydrazone groups is 1. The highest BCUT2D eigenvalue weighted by Gasteiger charge is 2.18. The fourth-order valence-corrected chi connectivity index (χ4v) is 2.38. The predicted molar refractivity (Wildman–Crippen MR) is 92.7 cm³/mol. The van der Waals surface area contributed by atoms with Crippen LogP contribution in [0.4, 0.5) is 5.95 Å². The molecule has 0 amide bonds. The van der Waals surface area contributed by atoms with E-state index in [4.69, 9.17) is 0 Å². The van der Waals surface area contributed by atoms with Crippen molar-refractivity contribution in [2.45, 2.75) is 19.6 Å². The third-order valence-electron chi connectivity index (χ3n) is 3.54. The predicted octanol–water partition coefficient (Wildman–Crippen LogP) is -0.355. The maximum Gasteiger partial charge on any atom is 0.329 e. The van der Waals surface area contributed by atoms with Crippen molar-refractivity contribution < 1.29 is 5.11 Å². The average molecular weight is 343 g/mol. The molecule has 130 valence electrons. The van der Waals surface area contributed by atoms with Crippen molar-refractivity contribution in [1.29, 1.82) is 0 Å². The molecule has 0 bridgehead atoms. The van der Waals surface area contributed by atoms with Crippen molar-refractivity contribution in [3.63, 3.8) is 0 Å². The maximum absolute atomic E-state index is 12.2. The van der Waals surface area contributed by atoms with Gasteiger partial charge in [0.05, 0.1) is 18.9 Å². The molecule has 25 heavy (non-hydrogen) atoms. The number of hydrogen-bond donors (Lipinski definition) is 3. The molecule has 3 heterocycles. The monoisotopic (exact) mass is 343 g/mol. The van der Waals surface area contributed by atoms with Crippen molar-refractivity contribution in [3.8, 4) is 0 Å². The van der Waals surface area contributed by atoms with E-state index < -0.39 is 17.4 Å². The van der Waals surface area contributed by atoms with Crippen molar-refractivity contribution >= 4 is 23.3 Å².